The molecule has 1 rings (SSSR count). The Labute approximate surface area is 87.3 Å². The minimum Gasteiger partial charge on any atom is -0.326 e. The Morgan fingerprint density at radius 1 is 1.21 bits per heavy atom. The summed E-state index contributed by atoms with van der Waals surface area (Å²) in [4.78, 5) is 0. The number of hydrogen-bond donors (Lipinski definition) is 1. The average molecular weight is 191 g/mol. The van der Waals surface area contributed by atoms with E-state index >= 15 is 0 Å². The van der Waals surface area contributed by atoms with E-state index in [0.29, 0.717) is 6.54 Å². The summed E-state index contributed by atoms with van der Waals surface area (Å²) in [5, 5.41) is 0. The molecule has 0 fully saturated rings. The third-order valence-electron chi connectivity index (χ3n) is 2.59. The van der Waals surface area contributed by atoms with E-state index in [-0.39, 0.29) is 5.41 Å². The van der Waals surface area contributed by atoms with Crippen LogP contribution < -0.4 is 5.73 Å². The van der Waals surface area contributed by atoms with Gasteiger partial charge in [-0.15, -0.1) is 0 Å². The molecule has 0 aliphatic carbocycles. The van der Waals surface area contributed by atoms with E-state index in [9.17, 15) is 0 Å². The maximum Gasteiger partial charge on any atom is 0.0178 e. The summed E-state index contributed by atoms with van der Waals surface area (Å²) in [5.41, 5.74) is 9.97. The summed E-state index contributed by atoms with van der Waals surface area (Å²) in [5.74, 6) is 0. The number of rotatable bonds is 2. The first-order valence-electron chi connectivity index (χ1n) is 5.31. The largest absolute Gasteiger partial charge is 0.326 e. The van der Waals surface area contributed by atoms with Gasteiger partial charge in [-0.3, -0.25) is 0 Å². The maximum absolute atomic E-state index is 5.63. The number of benzene rings is 1. The van der Waals surface area contributed by atoms with Gasteiger partial charge in [0.05, 0.1) is 0 Å². The Kier molecular flexibility index (Phi) is 3.33. The van der Waals surface area contributed by atoms with E-state index in [1.54, 1.807) is 0 Å². The van der Waals surface area contributed by atoms with Crippen LogP contribution in [0.3, 0.4) is 0 Å². The van der Waals surface area contributed by atoms with Crippen molar-refractivity contribution < 1.29 is 0 Å². The summed E-state index contributed by atoms with van der Waals surface area (Å²) in [6.07, 6.45) is 1.08. The van der Waals surface area contributed by atoms with Crippen molar-refractivity contribution in [1.29, 1.82) is 0 Å². The Bertz CT molecular complexity index is 308. The van der Waals surface area contributed by atoms with Crippen molar-refractivity contribution in [2.24, 2.45) is 5.73 Å². The zero-order valence-corrected chi connectivity index (χ0v) is 9.72. The van der Waals surface area contributed by atoms with E-state index in [2.05, 4.69) is 45.9 Å². The summed E-state index contributed by atoms with van der Waals surface area (Å²) < 4.78 is 0. The average Bonchev–Trinajstić information content (AvgIpc) is 2.15. The first kappa shape index (κ1) is 11.3. The zero-order valence-electron chi connectivity index (χ0n) is 9.72. The van der Waals surface area contributed by atoms with Crippen LogP contribution in [-0.2, 0) is 18.4 Å². The molecule has 0 bridgehead atoms. The Hall–Kier alpha value is -0.820. The highest BCUT2D eigenvalue weighted by Gasteiger charge is 2.16. The molecule has 1 aromatic carbocycles. The van der Waals surface area contributed by atoms with Crippen molar-refractivity contribution in [3.8, 4) is 0 Å². The summed E-state index contributed by atoms with van der Waals surface area (Å²) in [6.45, 7) is 9.60. The second-order valence-corrected chi connectivity index (χ2v) is 4.80. The molecule has 0 saturated carbocycles. The van der Waals surface area contributed by atoms with Crippen molar-refractivity contribution >= 4 is 0 Å². The molecule has 14 heavy (non-hydrogen) atoms. The molecule has 2 N–H and O–H groups in total. The molecule has 0 aromatic heterocycles. The Morgan fingerprint density at radius 3 is 2.29 bits per heavy atom. The quantitative estimate of drug-likeness (QED) is 0.764. The van der Waals surface area contributed by atoms with Crippen LogP contribution in [0.15, 0.2) is 18.2 Å². The normalized spacial score (nSPS) is 11.8. The molecule has 1 nitrogen and oxygen atoms in total. The monoisotopic (exact) mass is 191 g/mol. The van der Waals surface area contributed by atoms with Crippen LogP contribution in [0.5, 0.6) is 0 Å². The lowest BCUT2D eigenvalue weighted by molar-refractivity contribution is 0.583. The number of aryl methyl sites for hydroxylation is 1. The second-order valence-electron chi connectivity index (χ2n) is 4.80. The smallest absolute Gasteiger partial charge is 0.0178 e. The molecule has 0 atom stereocenters. The van der Waals surface area contributed by atoms with Gasteiger partial charge in [0.2, 0.25) is 0 Å². The lowest BCUT2D eigenvalue weighted by atomic mass is 9.82. The Balaban J connectivity index is 3.18. The van der Waals surface area contributed by atoms with Gasteiger partial charge in [0.25, 0.3) is 0 Å². The van der Waals surface area contributed by atoms with Gasteiger partial charge in [-0.1, -0.05) is 45.9 Å². The highest BCUT2D eigenvalue weighted by Crippen LogP contribution is 2.26. The Morgan fingerprint density at radius 2 is 1.86 bits per heavy atom. The van der Waals surface area contributed by atoms with Crippen LogP contribution in [0.4, 0.5) is 0 Å². The maximum atomic E-state index is 5.63. The van der Waals surface area contributed by atoms with Gasteiger partial charge in [0.1, 0.15) is 0 Å². The van der Waals surface area contributed by atoms with E-state index < -0.39 is 0 Å². The molecule has 1 aromatic rings. The molecule has 0 amide bonds. The topological polar surface area (TPSA) is 26.0 Å². The molecular formula is C13H21N. The minimum atomic E-state index is 0.235. The fourth-order valence-electron chi connectivity index (χ4n) is 1.80. The van der Waals surface area contributed by atoms with E-state index in [1.165, 1.54) is 16.7 Å². The van der Waals surface area contributed by atoms with Crippen molar-refractivity contribution in [3.05, 3.63) is 34.9 Å². The molecule has 0 aliphatic rings. The van der Waals surface area contributed by atoms with Gasteiger partial charge in [0.15, 0.2) is 0 Å². The third kappa shape index (κ3) is 2.36. The molecule has 0 heterocycles. The fourth-order valence-corrected chi connectivity index (χ4v) is 1.80. The highest BCUT2D eigenvalue weighted by molar-refractivity contribution is 5.36. The van der Waals surface area contributed by atoms with Crippen LogP contribution >= 0.6 is 0 Å². The molecule has 1 heteroatoms. The first-order valence-corrected chi connectivity index (χ1v) is 5.31. The molecule has 0 spiro atoms. The first-order chi connectivity index (χ1) is 6.49. The standard InChI is InChI=1S/C13H21N/c1-5-11-8-10(9-14)6-7-12(11)13(2,3)4/h6-8H,5,9,14H2,1-4H3. The third-order valence-corrected chi connectivity index (χ3v) is 2.59. The highest BCUT2D eigenvalue weighted by atomic mass is 14.5. The van der Waals surface area contributed by atoms with Gasteiger partial charge in [-0.2, -0.15) is 0 Å². The van der Waals surface area contributed by atoms with Crippen molar-refractivity contribution in [2.45, 2.75) is 46.1 Å². The van der Waals surface area contributed by atoms with Gasteiger partial charge in [-0.05, 0) is 28.5 Å². The molecular weight excluding hydrogens is 170 g/mol. The van der Waals surface area contributed by atoms with Crippen LogP contribution in [-0.4, -0.2) is 0 Å². The van der Waals surface area contributed by atoms with Gasteiger partial charge in [0, 0.05) is 6.54 Å². The predicted molar refractivity (Wildman–Crippen MR) is 62.4 cm³/mol. The SMILES string of the molecule is CCc1cc(CN)ccc1C(C)(C)C. The lowest BCUT2D eigenvalue weighted by Gasteiger charge is -2.23. The van der Waals surface area contributed by atoms with E-state index in [1.807, 2.05) is 0 Å². The molecule has 0 aliphatic heterocycles. The second kappa shape index (κ2) is 4.14. The van der Waals surface area contributed by atoms with Crippen molar-refractivity contribution in [3.63, 3.8) is 0 Å². The van der Waals surface area contributed by atoms with Gasteiger partial charge in [-0.25, -0.2) is 0 Å². The summed E-state index contributed by atoms with van der Waals surface area (Å²) in [7, 11) is 0. The fraction of sp³-hybridized carbons (Fsp3) is 0.538. The molecule has 0 radical (unpaired) electrons. The number of nitrogens with two attached hydrogens (primary N) is 1. The molecule has 78 valence electrons. The van der Waals surface area contributed by atoms with Crippen LogP contribution in [0.2, 0.25) is 0 Å². The van der Waals surface area contributed by atoms with Gasteiger partial charge < -0.3 is 5.73 Å². The molecule has 0 unspecified atom stereocenters. The summed E-state index contributed by atoms with van der Waals surface area (Å²) >= 11 is 0. The van der Waals surface area contributed by atoms with E-state index in [4.69, 9.17) is 5.73 Å². The predicted octanol–water partition coefficient (Wildman–Crippen LogP) is 3.01. The zero-order chi connectivity index (χ0) is 10.8. The number of hydrogen-bond acceptors (Lipinski definition) is 1. The molecule has 0 saturated heterocycles. The van der Waals surface area contributed by atoms with Gasteiger partial charge >= 0.3 is 0 Å². The van der Waals surface area contributed by atoms with Crippen LogP contribution in [0.1, 0.15) is 44.4 Å². The van der Waals surface area contributed by atoms with Crippen LogP contribution in [0, 0.1) is 0 Å². The lowest BCUT2D eigenvalue weighted by Crippen LogP contribution is -2.14. The summed E-state index contributed by atoms with van der Waals surface area (Å²) in [6, 6.07) is 6.60. The minimum absolute atomic E-state index is 0.235. The van der Waals surface area contributed by atoms with E-state index in [0.717, 1.165) is 6.42 Å². The van der Waals surface area contributed by atoms with Crippen LogP contribution in [0.25, 0.3) is 0 Å². The van der Waals surface area contributed by atoms with Crippen molar-refractivity contribution in [1.82, 2.24) is 0 Å². The van der Waals surface area contributed by atoms with Crippen molar-refractivity contribution in [2.75, 3.05) is 0 Å².